The molecule has 0 saturated heterocycles. The third kappa shape index (κ3) is 3.41. The van der Waals surface area contributed by atoms with Gasteiger partial charge in [0.2, 0.25) is 5.88 Å². The molecule has 1 aromatic rings. The Hall–Kier alpha value is -1.64. The average Bonchev–Trinajstić information content (AvgIpc) is 2.13. The van der Waals surface area contributed by atoms with Crippen molar-refractivity contribution in [2.45, 2.75) is 19.4 Å². The summed E-state index contributed by atoms with van der Waals surface area (Å²) in [5.41, 5.74) is -2.96. The van der Waals surface area contributed by atoms with Gasteiger partial charge in [-0.15, -0.1) is 13.2 Å². The van der Waals surface area contributed by atoms with Gasteiger partial charge in [0.15, 0.2) is 5.43 Å². The second-order valence-electron chi connectivity index (χ2n) is 2.90. The minimum atomic E-state index is -5.11. The molecule has 0 saturated carbocycles. The zero-order valence-corrected chi connectivity index (χ0v) is 8.02. The minimum absolute atomic E-state index is 0.338. The van der Waals surface area contributed by atoms with E-state index in [2.05, 4.69) is 4.74 Å². The fourth-order valence-corrected chi connectivity index (χ4v) is 1.11. The molecule has 0 aliphatic carbocycles. The molecule has 96 valence electrons. The molecule has 0 fully saturated rings. The number of ether oxygens (including phenoxy) is 1. The van der Waals surface area contributed by atoms with E-state index in [1.807, 2.05) is 0 Å². The second-order valence-corrected chi connectivity index (χ2v) is 2.90. The van der Waals surface area contributed by atoms with Crippen molar-refractivity contribution in [2.24, 2.45) is 0 Å². The molecular weight excluding hydrogens is 253 g/mol. The second kappa shape index (κ2) is 4.70. The Balaban J connectivity index is 3.25. The van der Waals surface area contributed by atoms with E-state index in [-0.39, 0.29) is 0 Å². The molecular formula is C8H6F5NO3. The lowest BCUT2D eigenvalue weighted by atomic mass is 10.2. The van der Waals surface area contributed by atoms with Gasteiger partial charge in [0.1, 0.15) is 0 Å². The van der Waals surface area contributed by atoms with Crippen LogP contribution >= 0.6 is 0 Å². The highest BCUT2D eigenvalue weighted by molar-refractivity contribution is 5.26. The van der Waals surface area contributed by atoms with Crippen LogP contribution in [0.4, 0.5) is 22.0 Å². The van der Waals surface area contributed by atoms with Crippen molar-refractivity contribution in [1.82, 2.24) is 4.98 Å². The van der Waals surface area contributed by atoms with Crippen molar-refractivity contribution < 1.29 is 31.8 Å². The van der Waals surface area contributed by atoms with Crippen molar-refractivity contribution in [3.8, 4) is 5.88 Å². The van der Waals surface area contributed by atoms with Crippen LogP contribution in [-0.2, 0) is 6.61 Å². The summed E-state index contributed by atoms with van der Waals surface area (Å²) in [5.74, 6) is -1.16. The van der Waals surface area contributed by atoms with Gasteiger partial charge in [-0.2, -0.15) is 0 Å². The largest absolute Gasteiger partial charge is 0.574 e. The van der Waals surface area contributed by atoms with Gasteiger partial charge in [-0.05, 0) is 0 Å². The summed E-state index contributed by atoms with van der Waals surface area (Å²) in [6, 6.07) is 0.338. The summed E-state index contributed by atoms with van der Waals surface area (Å²) in [5, 5.41) is 8.66. The lowest BCUT2D eigenvalue weighted by Crippen LogP contribution is -2.21. The van der Waals surface area contributed by atoms with Crippen LogP contribution in [-0.4, -0.2) is 16.5 Å². The smallest absolute Gasteiger partial charge is 0.391 e. The summed E-state index contributed by atoms with van der Waals surface area (Å²) < 4.78 is 63.5. The van der Waals surface area contributed by atoms with Crippen LogP contribution in [0.3, 0.4) is 0 Å². The lowest BCUT2D eigenvalue weighted by Gasteiger charge is -2.12. The third-order valence-corrected chi connectivity index (χ3v) is 1.74. The SMILES string of the molecule is O=c1cc(OC(F)(F)F)[nH]c(C(F)F)c1CO. The van der Waals surface area contributed by atoms with Gasteiger partial charge in [0.25, 0.3) is 6.43 Å². The number of pyridine rings is 1. The predicted molar refractivity (Wildman–Crippen MR) is 44.6 cm³/mol. The van der Waals surface area contributed by atoms with E-state index in [0.29, 0.717) is 6.07 Å². The molecule has 4 nitrogen and oxygen atoms in total. The molecule has 0 aliphatic rings. The Morgan fingerprint density at radius 1 is 1.41 bits per heavy atom. The molecule has 0 aromatic carbocycles. The zero-order valence-electron chi connectivity index (χ0n) is 8.02. The number of nitrogens with one attached hydrogen (secondary N) is 1. The first kappa shape index (κ1) is 13.4. The van der Waals surface area contributed by atoms with Crippen LogP contribution < -0.4 is 10.2 Å². The van der Waals surface area contributed by atoms with Crippen LogP contribution in [0.5, 0.6) is 5.88 Å². The van der Waals surface area contributed by atoms with E-state index < -0.39 is 42.0 Å². The fourth-order valence-electron chi connectivity index (χ4n) is 1.11. The first-order chi connectivity index (χ1) is 7.74. The first-order valence-corrected chi connectivity index (χ1v) is 4.15. The Morgan fingerprint density at radius 2 is 2.00 bits per heavy atom. The van der Waals surface area contributed by atoms with Crippen LogP contribution in [0.1, 0.15) is 17.7 Å². The Morgan fingerprint density at radius 3 is 2.41 bits per heavy atom. The van der Waals surface area contributed by atoms with E-state index in [0.717, 1.165) is 0 Å². The number of aliphatic hydroxyl groups is 1. The fraction of sp³-hybridized carbons (Fsp3) is 0.375. The number of aromatic amines is 1. The number of hydrogen-bond donors (Lipinski definition) is 2. The quantitative estimate of drug-likeness (QED) is 0.812. The van der Waals surface area contributed by atoms with Crippen molar-refractivity contribution in [2.75, 3.05) is 0 Å². The van der Waals surface area contributed by atoms with E-state index in [1.165, 1.54) is 0 Å². The summed E-state index contributed by atoms with van der Waals surface area (Å²) in [4.78, 5) is 12.7. The summed E-state index contributed by atoms with van der Waals surface area (Å²) in [6.45, 7) is -1.01. The van der Waals surface area contributed by atoms with Crippen molar-refractivity contribution in [3.05, 3.63) is 27.5 Å². The van der Waals surface area contributed by atoms with Crippen LogP contribution in [0.25, 0.3) is 0 Å². The monoisotopic (exact) mass is 259 g/mol. The normalized spacial score (nSPS) is 11.9. The molecule has 1 aromatic heterocycles. The number of aliphatic hydroxyl groups excluding tert-OH is 1. The molecule has 9 heteroatoms. The zero-order chi connectivity index (χ0) is 13.2. The molecule has 1 heterocycles. The Labute approximate surface area is 90.6 Å². The minimum Gasteiger partial charge on any atom is -0.391 e. The molecule has 0 spiro atoms. The maximum atomic E-state index is 12.4. The molecule has 0 amide bonds. The molecule has 0 atom stereocenters. The molecule has 0 bridgehead atoms. The predicted octanol–water partition coefficient (Wildman–Crippen LogP) is 1.70. The van der Waals surface area contributed by atoms with Gasteiger partial charge in [0, 0.05) is 6.07 Å². The molecule has 0 radical (unpaired) electrons. The van der Waals surface area contributed by atoms with Gasteiger partial charge >= 0.3 is 6.36 Å². The number of H-pyrrole nitrogens is 1. The summed E-state index contributed by atoms with van der Waals surface area (Å²) >= 11 is 0. The maximum Gasteiger partial charge on any atom is 0.574 e. The van der Waals surface area contributed by atoms with Crippen LogP contribution in [0.15, 0.2) is 10.9 Å². The third-order valence-electron chi connectivity index (χ3n) is 1.74. The number of alkyl halides is 5. The number of rotatable bonds is 3. The number of hydrogen-bond acceptors (Lipinski definition) is 3. The molecule has 2 N–H and O–H groups in total. The number of halogens is 5. The van der Waals surface area contributed by atoms with E-state index in [4.69, 9.17) is 5.11 Å². The average molecular weight is 259 g/mol. The standard InChI is InChI=1S/C8H6F5NO3/c9-7(10)6-3(2-15)4(16)1-5(14-6)17-8(11,12)13/h1,7,15H,2H2,(H,14,16). The van der Waals surface area contributed by atoms with Crippen molar-refractivity contribution in [1.29, 1.82) is 0 Å². The van der Waals surface area contributed by atoms with Gasteiger partial charge < -0.3 is 14.8 Å². The van der Waals surface area contributed by atoms with Crippen molar-refractivity contribution >= 4 is 0 Å². The van der Waals surface area contributed by atoms with Gasteiger partial charge in [-0.25, -0.2) is 8.78 Å². The van der Waals surface area contributed by atoms with Gasteiger partial charge in [-0.1, -0.05) is 0 Å². The topological polar surface area (TPSA) is 62.3 Å². The first-order valence-electron chi connectivity index (χ1n) is 4.15. The van der Waals surface area contributed by atoms with E-state index in [9.17, 15) is 26.7 Å². The van der Waals surface area contributed by atoms with Crippen molar-refractivity contribution in [3.63, 3.8) is 0 Å². The number of aromatic nitrogens is 1. The van der Waals surface area contributed by atoms with Gasteiger partial charge in [0.05, 0.1) is 17.9 Å². The summed E-state index contributed by atoms with van der Waals surface area (Å²) in [6.07, 6.45) is -8.34. The van der Waals surface area contributed by atoms with E-state index >= 15 is 0 Å². The lowest BCUT2D eigenvalue weighted by molar-refractivity contribution is -0.276. The Bertz CT molecular complexity index is 453. The molecule has 17 heavy (non-hydrogen) atoms. The van der Waals surface area contributed by atoms with E-state index in [1.54, 1.807) is 4.98 Å². The highest BCUT2D eigenvalue weighted by atomic mass is 19.4. The molecule has 1 rings (SSSR count). The highest BCUT2D eigenvalue weighted by Gasteiger charge is 2.32. The van der Waals surface area contributed by atoms with Crippen LogP contribution in [0, 0.1) is 0 Å². The highest BCUT2D eigenvalue weighted by Crippen LogP contribution is 2.24. The molecule has 0 aliphatic heterocycles. The molecule has 0 unspecified atom stereocenters. The van der Waals surface area contributed by atoms with Gasteiger partial charge in [-0.3, -0.25) is 4.79 Å². The Kier molecular flexibility index (Phi) is 3.71. The summed E-state index contributed by atoms with van der Waals surface area (Å²) in [7, 11) is 0. The maximum absolute atomic E-state index is 12.4. The van der Waals surface area contributed by atoms with Crippen LogP contribution in [0.2, 0.25) is 0 Å².